The van der Waals surface area contributed by atoms with Crippen molar-refractivity contribution in [3.8, 4) is 0 Å². The van der Waals surface area contributed by atoms with Gasteiger partial charge in [0.15, 0.2) is 6.61 Å². The van der Waals surface area contributed by atoms with Crippen LogP contribution in [-0.2, 0) is 16.1 Å². The number of nitrogens with zero attached hydrogens (tertiary/aromatic N) is 1. The van der Waals surface area contributed by atoms with Crippen LogP contribution in [0.25, 0.3) is 0 Å². The number of thiophene rings is 2. The Labute approximate surface area is 170 Å². The van der Waals surface area contributed by atoms with Crippen LogP contribution in [0.4, 0.5) is 5.69 Å². The van der Waals surface area contributed by atoms with Crippen LogP contribution in [0.5, 0.6) is 0 Å². The molecule has 0 saturated carbocycles. The lowest BCUT2D eigenvalue weighted by Gasteiger charge is -2.19. The predicted octanol–water partition coefficient (Wildman–Crippen LogP) is 3.56. The summed E-state index contributed by atoms with van der Waals surface area (Å²) >= 11 is 2.86. The molecule has 0 atom stereocenters. The predicted molar refractivity (Wildman–Crippen MR) is 110 cm³/mol. The van der Waals surface area contributed by atoms with Crippen molar-refractivity contribution in [1.29, 1.82) is 0 Å². The SMILES string of the molecule is CN(C(=O)c1cccs1)c1ccccc1C(=O)OCC(=O)NCc1cccs1. The summed E-state index contributed by atoms with van der Waals surface area (Å²) in [6.45, 7) is 0.00379. The lowest BCUT2D eigenvalue weighted by molar-refractivity contribution is -0.124. The van der Waals surface area contributed by atoms with Gasteiger partial charge in [-0.2, -0.15) is 0 Å². The maximum Gasteiger partial charge on any atom is 0.340 e. The highest BCUT2D eigenvalue weighted by Crippen LogP contribution is 2.23. The highest BCUT2D eigenvalue weighted by molar-refractivity contribution is 7.12. The van der Waals surface area contributed by atoms with E-state index in [1.807, 2.05) is 22.9 Å². The Balaban J connectivity index is 1.62. The minimum Gasteiger partial charge on any atom is -0.452 e. The van der Waals surface area contributed by atoms with E-state index < -0.39 is 5.97 Å². The fourth-order valence-corrected chi connectivity index (χ4v) is 3.82. The normalized spacial score (nSPS) is 10.3. The minimum atomic E-state index is -0.660. The van der Waals surface area contributed by atoms with E-state index in [4.69, 9.17) is 4.74 Å². The fourth-order valence-electron chi connectivity index (χ4n) is 2.47. The number of carbonyl (C=O) groups excluding carboxylic acids is 3. The quantitative estimate of drug-likeness (QED) is 0.600. The van der Waals surface area contributed by atoms with Gasteiger partial charge in [-0.15, -0.1) is 22.7 Å². The maximum absolute atomic E-state index is 12.6. The average molecular weight is 415 g/mol. The van der Waals surface area contributed by atoms with Crippen molar-refractivity contribution >= 4 is 46.1 Å². The third kappa shape index (κ3) is 4.85. The highest BCUT2D eigenvalue weighted by Gasteiger charge is 2.21. The summed E-state index contributed by atoms with van der Waals surface area (Å²) in [5.74, 6) is -1.26. The third-order valence-corrected chi connectivity index (χ3v) is 5.63. The summed E-state index contributed by atoms with van der Waals surface area (Å²) < 4.78 is 5.14. The number of carbonyl (C=O) groups is 3. The average Bonchev–Trinajstić information content (AvgIpc) is 3.43. The van der Waals surface area contributed by atoms with Crippen LogP contribution in [0.3, 0.4) is 0 Å². The van der Waals surface area contributed by atoms with Gasteiger partial charge in [0.2, 0.25) is 0 Å². The van der Waals surface area contributed by atoms with Gasteiger partial charge in [-0.1, -0.05) is 24.3 Å². The van der Waals surface area contributed by atoms with Crippen LogP contribution < -0.4 is 10.2 Å². The second-order valence-corrected chi connectivity index (χ2v) is 7.77. The van der Waals surface area contributed by atoms with Gasteiger partial charge in [-0.05, 0) is 35.0 Å². The summed E-state index contributed by atoms with van der Waals surface area (Å²) in [6, 6.07) is 14.0. The van der Waals surface area contributed by atoms with Crippen molar-refractivity contribution in [3.63, 3.8) is 0 Å². The van der Waals surface area contributed by atoms with E-state index in [2.05, 4.69) is 5.32 Å². The van der Waals surface area contributed by atoms with Crippen LogP contribution in [-0.4, -0.2) is 31.4 Å². The molecule has 0 spiro atoms. The molecule has 0 unspecified atom stereocenters. The Morgan fingerprint density at radius 2 is 1.75 bits per heavy atom. The second kappa shape index (κ2) is 9.29. The highest BCUT2D eigenvalue weighted by atomic mass is 32.1. The molecule has 8 heteroatoms. The van der Waals surface area contributed by atoms with Crippen molar-refractivity contribution in [3.05, 3.63) is 74.6 Å². The number of esters is 1. The number of anilines is 1. The zero-order chi connectivity index (χ0) is 19.9. The van der Waals surface area contributed by atoms with Crippen molar-refractivity contribution < 1.29 is 19.1 Å². The third-order valence-electron chi connectivity index (χ3n) is 3.90. The molecule has 2 amide bonds. The van der Waals surface area contributed by atoms with Gasteiger partial charge in [-0.25, -0.2) is 4.79 Å². The molecule has 2 aromatic heterocycles. The zero-order valence-electron chi connectivity index (χ0n) is 15.1. The molecule has 2 heterocycles. The number of amides is 2. The molecule has 144 valence electrons. The van der Waals surface area contributed by atoms with Crippen LogP contribution in [0.15, 0.2) is 59.3 Å². The van der Waals surface area contributed by atoms with Gasteiger partial charge in [0.05, 0.1) is 22.7 Å². The molecular formula is C20H18N2O4S2. The standard InChI is InChI=1S/C20H18N2O4S2/c1-22(19(24)17-9-5-11-28-17)16-8-3-2-7-15(16)20(25)26-13-18(23)21-12-14-6-4-10-27-14/h2-11H,12-13H2,1H3,(H,21,23). The first-order valence-corrected chi connectivity index (χ1v) is 10.2. The minimum absolute atomic E-state index is 0.219. The number of nitrogens with one attached hydrogen (secondary N) is 1. The number of ether oxygens (including phenoxy) is 1. The van der Waals surface area contributed by atoms with E-state index in [1.54, 1.807) is 43.4 Å². The Morgan fingerprint density at radius 3 is 2.46 bits per heavy atom. The fraction of sp³-hybridized carbons (Fsp3) is 0.150. The molecular weight excluding hydrogens is 396 g/mol. The first kappa shape index (κ1) is 19.8. The van der Waals surface area contributed by atoms with Crippen LogP contribution in [0.2, 0.25) is 0 Å². The second-order valence-electron chi connectivity index (χ2n) is 5.79. The van der Waals surface area contributed by atoms with Crippen molar-refractivity contribution in [2.75, 3.05) is 18.6 Å². The van der Waals surface area contributed by atoms with Crippen molar-refractivity contribution in [2.45, 2.75) is 6.54 Å². The molecule has 3 rings (SSSR count). The van der Waals surface area contributed by atoms with Gasteiger partial charge in [-0.3, -0.25) is 9.59 Å². The van der Waals surface area contributed by atoms with Crippen molar-refractivity contribution in [2.24, 2.45) is 0 Å². The summed E-state index contributed by atoms with van der Waals surface area (Å²) in [5, 5.41) is 6.44. The lowest BCUT2D eigenvalue weighted by Crippen LogP contribution is -2.30. The van der Waals surface area contributed by atoms with Crippen molar-refractivity contribution in [1.82, 2.24) is 5.32 Å². The first-order valence-electron chi connectivity index (χ1n) is 8.43. The number of benzene rings is 1. The molecule has 0 bridgehead atoms. The Morgan fingerprint density at radius 1 is 1.00 bits per heavy atom. The molecule has 0 aliphatic heterocycles. The summed E-state index contributed by atoms with van der Waals surface area (Å²) in [5.41, 5.74) is 0.644. The number of rotatable bonds is 7. The molecule has 1 aromatic carbocycles. The smallest absolute Gasteiger partial charge is 0.340 e. The van der Waals surface area contributed by atoms with Gasteiger partial charge >= 0.3 is 5.97 Å². The number of para-hydroxylation sites is 1. The van der Waals surface area contributed by atoms with Gasteiger partial charge < -0.3 is 15.0 Å². The largest absolute Gasteiger partial charge is 0.452 e. The monoisotopic (exact) mass is 414 g/mol. The molecule has 0 aliphatic carbocycles. The Hall–Kier alpha value is -2.97. The van der Waals surface area contributed by atoms with Crippen LogP contribution in [0, 0.1) is 0 Å². The summed E-state index contributed by atoms with van der Waals surface area (Å²) in [7, 11) is 1.60. The molecule has 0 radical (unpaired) electrons. The van der Waals surface area contributed by atoms with E-state index >= 15 is 0 Å². The van der Waals surface area contributed by atoms with Crippen LogP contribution in [0.1, 0.15) is 24.9 Å². The van der Waals surface area contributed by atoms with E-state index in [-0.39, 0.29) is 24.0 Å². The Bertz CT molecular complexity index is 953. The lowest BCUT2D eigenvalue weighted by atomic mass is 10.1. The van der Waals surface area contributed by atoms with E-state index in [1.165, 1.54) is 27.6 Å². The molecule has 3 aromatic rings. The topological polar surface area (TPSA) is 75.7 Å². The van der Waals surface area contributed by atoms with E-state index in [0.717, 1.165) is 4.88 Å². The molecule has 6 nitrogen and oxygen atoms in total. The van der Waals surface area contributed by atoms with Gasteiger partial charge in [0.25, 0.3) is 11.8 Å². The maximum atomic E-state index is 12.6. The molecule has 1 N–H and O–H groups in total. The molecule has 0 fully saturated rings. The molecule has 0 saturated heterocycles. The summed E-state index contributed by atoms with van der Waals surface area (Å²) in [4.78, 5) is 39.9. The summed E-state index contributed by atoms with van der Waals surface area (Å²) in [6.07, 6.45) is 0. The van der Waals surface area contributed by atoms with Crippen LogP contribution >= 0.6 is 22.7 Å². The number of hydrogen-bond donors (Lipinski definition) is 1. The number of hydrogen-bond acceptors (Lipinski definition) is 6. The molecule has 28 heavy (non-hydrogen) atoms. The van der Waals surface area contributed by atoms with E-state index in [0.29, 0.717) is 17.1 Å². The first-order chi connectivity index (χ1) is 13.6. The van der Waals surface area contributed by atoms with Gasteiger partial charge in [0.1, 0.15) is 0 Å². The zero-order valence-corrected chi connectivity index (χ0v) is 16.7. The molecule has 0 aliphatic rings. The van der Waals surface area contributed by atoms with Gasteiger partial charge in [0, 0.05) is 11.9 Å². The Kier molecular flexibility index (Phi) is 6.57. The van der Waals surface area contributed by atoms with E-state index in [9.17, 15) is 14.4 Å².